The smallest absolute Gasteiger partial charge is 0.255 e. The number of hydrogen-bond donors (Lipinski definition) is 2. The summed E-state index contributed by atoms with van der Waals surface area (Å²) in [6.07, 6.45) is 2.67. The van der Waals surface area contributed by atoms with Crippen LogP contribution >= 0.6 is 11.8 Å². The van der Waals surface area contributed by atoms with Gasteiger partial charge in [-0.05, 0) is 35.6 Å². The largest absolute Gasteiger partial charge is 0.394 e. The summed E-state index contributed by atoms with van der Waals surface area (Å²) < 4.78 is 0. The monoisotopic (exact) mass is 384 g/mol. The Kier molecular flexibility index (Phi) is 6.53. The molecule has 2 N–H and O–H groups in total. The predicted molar refractivity (Wildman–Crippen MR) is 108 cm³/mol. The van der Waals surface area contributed by atoms with E-state index in [4.69, 9.17) is 0 Å². The molecule has 2 atom stereocenters. The van der Waals surface area contributed by atoms with E-state index in [-0.39, 0.29) is 24.5 Å². The standard InChI is InChI=1S/C21H24N2O3S/c1-27-12-11-17(14-24)22-20(25)19(15-7-3-2-4-8-15)23-13-16-9-5-6-10-18(16)21(23)26/h2-10,17,19,24H,11-14H2,1H3,(H,22,25)/t17-,19+/m0/s1. The van der Waals surface area contributed by atoms with E-state index in [0.717, 1.165) is 16.9 Å². The SMILES string of the molecule is CSCC[C@@H](CO)NC(=O)[C@@H](c1ccccc1)N1Cc2ccccc2C1=O. The van der Waals surface area contributed by atoms with Crippen molar-refractivity contribution in [2.45, 2.75) is 25.0 Å². The van der Waals surface area contributed by atoms with Gasteiger partial charge in [0, 0.05) is 12.1 Å². The zero-order chi connectivity index (χ0) is 19.2. The van der Waals surface area contributed by atoms with Crippen LogP contribution in [0.15, 0.2) is 54.6 Å². The Labute approximate surface area is 163 Å². The molecule has 0 bridgehead atoms. The number of aliphatic hydroxyl groups is 1. The van der Waals surface area contributed by atoms with Crippen molar-refractivity contribution in [3.8, 4) is 0 Å². The van der Waals surface area contributed by atoms with Gasteiger partial charge in [-0.3, -0.25) is 9.59 Å². The fourth-order valence-corrected chi connectivity index (χ4v) is 3.86. The fraction of sp³-hybridized carbons (Fsp3) is 0.333. The van der Waals surface area contributed by atoms with Gasteiger partial charge in [-0.15, -0.1) is 0 Å². The molecule has 0 saturated heterocycles. The summed E-state index contributed by atoms with van der Waals surface area (Å²) in [5.74, 6) is 0.442. The number of benzene rings is 2. The molecule has 0 aromatic heterocycles. The highest BCUT2D eigenvalue weighted by atomic mass is 32.2. The minimum Gasteiger partial charge on any atom is -0.394 e. The van der Waals surface area contributed by atoms with Crippen LogP contribution in [0.2, 0.25) is 0 Å². The van der Waals surface area contributed by atoms with Crippen molar-refractivity contribution in [1.29, 1.82) is 0 Å². The number of carbonyl (C=O) groups excluding carboxylic acids is 2. The maximum atomic E-state index is 13.1. The lowest BCUT2D eigenvalue weighted by molar-refractivity contribution is -0.127. The third-order valence-electron chi connectivity index (χ3n) is 4.76. The van der Waals surface area contributed by atoms with E-state index in [0.29, 0.717) is 18.5 Å². The molecule has 0 aliphatic carbocycles. The molecule has 0 saturated carbocycles. The number of amides is 2. The van der Waals surface area contributed by atoms with E-state index < -0.39 is 6.04 Å². The van der Waals surface area contributed by atoms with Crippen molar-refractivity contribution >= 4 is 23.6 Å². The van der Waals surface area contributed by atoms with E-state index in [2.05, 4.69) is 5.32 Å². The van der Waals surface area contributed by atoms with E-state index in [1.165, 1.54) is 0 Å². The summed E-state index contributed by atoms with van der Waals surface area (Å²) >= 11 is 1.67. The van der Waals surface area contributed by atoms with Gasteiger partial charge in [-0.1, -0.05) is 48.5 Å². The topological polar surface area (TPSA) is 69.6 Å². The van der Waals surface area contributed by atoms with Crippen LogP contribution in [0.25, 0.3) is 0 Å². The van der Waals surface area contributed by atoms with Gasteiger partial charge in [0.15, 0.2) is 0 Å². The second-order valence-corrected chi connectivity index (χ2v) is 7.56. The third kappa shape index (κ3) is 4.34. The molecule has 0 spiro atoms. The van der Waals surface area contributed by atoms with E-state index >= 15 is 0 Å². The van der Waals surface area contributed by atoms with Gasteiger partial charge in [0.1, 0.15) is 6.04 Å². The first-order valence-electron chi connectivity index (χ1n) is 8.99. The van der Waals surface area contributed by atoms with E-state index in [1.807, 2.05) is 54.8 Å². The fourth-order valence-electron chi connectivity index (χ4n) is 3.34. The quantitative estimate of drug-likeness (QED) is 0.734. The second-order valence-electron chi connectivity index (χ2n) is 6.57. The maximum Gasteiger partial charge on any atom is 0.255 e. The maximum absolute atomic E-state index is 13.1. The van der Waals surface area contributed by atoms with Crippen LogP contribution < -0.4 is 5.32 Å². The summed E-state index contributed by atoms with van der Waals surface area (Å²) in [6, 6.07) is 15.7. The van der Waals surface area contributed by atoms with Gasteiger partial charge in [0.2, 0.25) is 5.91 Å². The van der Waals surface area contributed by atoms with Gasteiger partial charge in [-0.2, -0.15) is 11.8 Å². The molecule has 5 nitrogen and oxygen atoms in total. The molecule has 1 aliphatic heterocycles. The molecule has 0 fully saturated rings. The van der Waals surface area contributed by atoms with Crippen molar-refractivity contribution in [1.82, 2.24) is 10.2 Å². The summed E-state index contributed by atoms with van der Waals surface area (Å²) in [4.78, 5) is 27.7. The van der Waals surface area contributed by atoms with Gasteiger partial charge in [0.05, 0.1) is 12.6 Å². The van der Waals surface area contributed by atoms with Crippen LogP contribution in [0.5, 0.6) is 0 Å². The number of rotatable bonds is 8. The van der Waals surface area contributed by atoms with Crippen LogP contribution in [0.4, 0.5) is 0 Å². The predicted octanol–water partition coefficient (Wildman–Crippen LogP) is 2.61. The first-order valence-corrected chi connectivity index (χ1v) is 10.4. The molecule has 1 heterocycles. The molecule has 2 aromatic carbocycles. The normalized spacial score (nSPS) is 15.3. The number of nitrogens with zero attached hydrogens (tertiary/aromatic N) is 1. The minimum atomic E-state index is -0.727. The minimum absolute atomic E-state index is 0.123. The molecule has 3 rings (SSSR count). The molecule has 2 amide bonds. The summed E-state index contributed by atoms with van der Waals surface area (Å²) in [5.41, 5.74) is 2.34. The molecule has 2 aromatic rings. The molecule has 0 radical (unpaired) electrons. The zero-order valence-corrected chi connectivity index (χ0v) is 16.1. The highest BCUT2D eigenvalue weighted by Crippen LogP contribution is 2.31. The number of nitrogens with one attached hydrogen (secondary N) is 1. The molecule has 142 valence electrons. The summed E-state index contributed by atoms with van der Waals surface area (Å²) in [6.45, 7) is 0.276. The average Bonchev–Trinajstić information content (AvgIpc) is 3.03. The van der Waals surface area contributed by atoms with Gasteiger partial charge >= 0.3 is 0 Å². The molecule has 27 heavy (non-hydrogen) atoms. The zero-order valence-electron chi connectivity index (χ0n) is 15.3. The molecular formula is C21H24N2O3S. The lowest BCUT2D eigenvalue weighted by Gasteiger charge is -2.29. The van der Waals surface area contributed by atoms with E-state index in [1.54, 1.807) is 22.7 Å². The van der Waals surface area contributed by atoms with Crippen LogP contribution in [0.3, 0.4) is 0 Å². The third-order valence-corrected chi connectivity index (χ3v) is 5.41. The average molecular weight is 385 g/mol. The van der Waals surface area contributed by atoms with Crippen molar-refractivity contribution in [2.75, 3.05) is 18.6 Å². The summed E-state index contributed by atoms with van der Waals surface area (Å²) in [5, 5.41) is 12.5. The number of thioether (sulfide) groups is 1. The Balaban J connectivity index is 1.87. The van der Waals surface area contributed by atoms with Crippen molar-refractivity contribution < 1.29 is 14.7 Å². The second kappa shape index (κ2) is 9.06. The van der Waals surface area contributed by atoms with Crippen LogP contribution in [0, 0.1) is 0 Å². The lowest BCUT2D eigenvalue weighted by atomic mass is 10.0. The lowest BCUT2D eigenvalue weighted by Crippen LogP contribution is -2.46. The Morgan fingerprint density at radius 1 is 1.19 bits per heavy atom. The molecular weight excluding hydrogens is 360 g/mol. The van der Waals surface area contributed by atoms with E-state index in [9.17, 15) is 14.7 Å². The number of carbonyl (C=O) groups is 2. The van der Waals surface area contributed by atoms with Crippen LogP contribution in [-0.2, 0) is 11.3 Å². The molecule has 6 heteroatoms. The van der Waals surface area contributed by atoms with Gasteiger partial charge in [-0.25, -0.2) is 0 Å². The molecule has 1 aliphatic rings. The highest BCUT2D eigenvalue weighted by molar-refractivity contribution is 7.98. The summed E-state index contributed by atoms with van der Waals surface area (Å²) in [7, 11) is 0. The highest BCUT2D eigenvalue weighted by Gasteiger charge is 2.37. The van der Waals surface area contributed by atoms with Crippen molar-refractivity contribution in [3.63, 3.8) is 0 Å². The van der Waals surface area contributed by atoms with Crippen molar-refractivity contribution in [3.05, 3.63) is 71.3 Å². The number of hydrogen-bond acceptors (Lipinski definition) is 4. The Morgan fingerprint density at radius 2 is 1.89 bits per heavy atom. The van der Waals surface area contributed by atoms with Crippen molar-refractivity contribution in [2.24, 2.45) is 0 Å². The first-order chi connectivity index (χ1) is 13.2. The number of fused-ring (bicyclic) bond motifs is 1. The Bertz CT molecular complexity index is 797. The first kappa shape index (κ1) is 19.5. The Hall–Kier alpha value is -2.31. The Morgan fingerprint density at radius 3 is 2.56 bits per heavy atom. The van der Waals surface area contributed by atoms with Gasteiger partial charge in [0.25, 0.3) is 5.91 Å². The molecule has 0 unspecified atom stereocenters. The van der Waals surface area contributed by atoms with Crippen LogP contribution in [0.1, 0.15) is 33.9 Å². The number of aliphatic hydroxyl groups excluding tert-OH is 1. The van der Waals surface area contributed by atoms with Gasteiger partial charge < -0.3 is 15.3 Å². The van der Waals surface area contributed by atoms with Crippen LogP contribution in [-0.4, -0.2) is 46.5 Å².